The highest BCUT2D eigenvalue weighted by Crippen LogP contribution is 2.22. The molecular weight excluding hydrogens is 364 g/mol. The van der Waals surface area contributed by atoms with Crippen LogP contribution in [0.3, 0.4) is 0 Å². The van der Waals surface area contributed by atoms with E-state index in [1.807, 2.05) is 23.7 Å². The second-order valence-corrected chi connectivity index (χ2v) is 6.64. The van der Waals surface area contributed by atoms with Crippen molar-refractivity contribution >= 4 is 35.0 Å². The lowest BCUT2D eigenvalue weighted by Crippen LogP contribution is -2.14. The number of carbonyl (C=O) groups excluding carboxylic acids is 2. The zero-order valence-electron chi connectivity index (χ0n) is 14.8. The summed E-state index contributed by atoms with van der Waals surface area (Å²) in [4.78, 5) is 27.2. The quantitative estimate of drug-likeness (QED) is 0.635. The van der Waals surface area contributed by atoms with Crippen LogP contribution in [0.1, 0.15) is 6.92 Å². The lowest BCUT2D eigenvalue weighted by Gasteiger charge is -2.07. The molecule has 138 valence electrons. The Hall–Kier alpha value is -3.20. The van der Waals surface area contributed by atoms with Crippen molar-refractivity contribution in [2.75, 3.05) is 16.4 Å². The summed E-state index contributed by atoms with van der Waals surface area (Å²) in [5.41, 5.74) is 2.25. The topological polar surface area (TPSA) is 102 Å². The number of thioether (sulfide) groups is 1. The Morgan fingerprint density at radius 1 is 1.00 bits per heavy atom. The van der Waals surface area contributed by atoms with Gasteiger partial charge in [0.25, 0.3) is 0 Å². The molecule has 1 aromatic carbocycles. The fourth-order valence-corrected chi connectivity index (χ4v) is 3.07. The van der Waals surface area contributed by atoms with E-state index in [4.69, 9.17) is 0 Å². The molecule has 0 radical (unpaired) electrons. The number of carbonyl (C=O) groups is 2. The van der Waals surface area contributed by atoms with Gasteiger partial charge in [0, 0.05) is 43.3 Å². The molecule has 0 fully saturated rings. The highest BCUT2D eigenvalue weighted by atomic mass is 32.2. The van der Waals surface area contributed by atoms with Crippen LogP contribution in [0.4, 0.5) is 11.4 Å². The Balaban J connectivity index is 1.57. The maximum Gasteiger partial charge on any atom is 0.234 e. The van der Waals surface area contributed by atoms with Gasteiger partial charge in [0.1, 0.15) is 0 Å². The van der Waals surface area contributed by atoms with Gasteiger partial charge >= 0.3 is 0 Å². The van der Waals surface area contributed by atoms with Crippen LogP contribution in [0.5, 0.6) is 0 Å². The summed E-state index contributed by atoms with van der Waals surface area (Å²) in [6, 6.07) is 10.6. The first-order valence-corrected chi connectivity index (χ1v) is 9.11. The fourth-order valence-electron chi connectivity index (χ4n) is 2.36. The molecule has 3 rings (SSSR count). The Labute approximate surface area is 160 Å². The molecule has 0 spiro atoms. The molecule has 0 atom stereocenters. The van der Waals surface area contributed by atoms with Crippen molar-refractivity contribution in [3.63, 3.8) is 0 Å². The number of hydrogen-bond donors (Lipinski definition) is 2. The fraction of sp³-hybridized carbons (Fsp3) is 0.167. The maximum atomic E-state index is 12.2. The second-order valence-electron chi connectivity index (χ2n) is 5.70. The third kappa shape index (κ3) is 4.91. The number of aromatic nitrogens is 4. The van der Waals surface area contributed by atoms with E-state index in [-0.39, 0.29) is 17.6 Å². The highest BCUT2D eigenvalue weighted by molar-refractivity contribution is 7.99. The molecule has 2 heterocycles. The van der Waals surface area contributed by atoms with Crippen molar-refractivity contribution in [2.24, 2.45) is 7.05 Å². The van der Waals surface area contributed by atoms with Crippen molar-refractivity contribution in [1.29, 1.82) is 0 Å². The average Bonchev–Trinajstić information content (AvgIpc) is 3.02. The smallest absolute Gasteiger partial charge is 0.234 e. The van der Waals surface area contributed by atoms with Crippen LogP contribution in [-0.4, -0.2) is 37.3 Å². The molecule has 27 heavy (non-hydrogen) atoms. The lowest BCUT2D eigenvalue weighted by atomic mass is 10.2. The van der Waals surface area contributed by atoms with Crippen LogP contribution < -0.4 is 10.6 Å². The molecule has 0 unspecified atom stereocenters. The molecule has 0 aliphatic rings. The Kier molecular flexibility index (Phi) is 5.82. The number of anilines is 2. The summed E-state index contributed by atoms with van der Waals surface area (Å²) >= 11 is 1.31. The summed E-state index contributed by atoms with van der Waals surface area (Å²) in [6.45, 7) is 1.44. The zero-order valence-corrected chi connectivity index (χ0v) is 15.7. The molecule has 0 aliphatic carbocycles. The molecule has 2 N–H and O–H groups in total. The van der Waals surface area contributed by atoms with Gasteiger partial charge in [-0.2, -0.15) is 0 Å². The number of benzene rings is 1. The Morgan fingerprint density at radius 2 is 1.63 bits per heavy atom. The Bertz CT molecular complexity index is 940. The number of nitrogens with one attached hydrogen (secondary N) is 2. The van der Waals surface area contributed by atoms with E-state index in [0.717, 1.165) is 5.56 Å². The lowest BCUT2D eigenvalue weighted by molar-refractivity contribution is -0.114. The van der Waals surface area contributed by atoms with Crippen LogP contribution in [0.15, 0.2) is 53.9 Å². The van der Waals surface area contributed by atoms with Crippen LogP contribution in [0, 0.1) is 0 Å². The molecular formula is C18H18N6O2S. The maximum absolute atomic E-state index is 12.2. The molecule has 9 heteroatoms. The van der Waals surface area contributed by atoms with E-state index in [1.165, 1.54) is 18.7 Å². The minimum atomic E-state index is -0.152. The zero-order chi connectivity index (χ0) is 19.2. The van der Waals surface area contributed by atoms with E-state index in [1.54, 1.807) is 36.7 Å². The molecule has 2 aromatic heterocycles. The first-order valence-electron chi connectivity index (χ1n) is 8.13. The second kappa shape index (κ2) is 8.45. The standard InChI is InChI=1S/C18H18N6O2S/c1-12(25)20-14-3-5-15(6-4-14)21-16(26)11-27-18-23-22-17(24(18)2)13-7-9-19-10-8-13/h3-10H,11H2,1-2H3,(H,20,25)(H,21,26). The SMILES string of the molecule is CC(=O)Nc1ccc(NC(=O)CSc2nnc(-c3ccncc3)n2C)cc1. The minimum absolute atomic E-state index is 0.141. The van der Waals surface area contributed by atoms with Crippen LogP contribution >= 0.6 is 11.8 Å². The van der Waals surface area contributed by atoms with E-state index >= 15 is 0 Å². The third-order valence-electron chi connectivity index (χ3n) is 3.59. The first-order chi connectivity index (χ1) is 13.0. The largest absolute Gasteiger partial charge is 0.326 e. The first kappa shape index (κ1) is 18.6. The van der Waals surface area contributed by atoms with E-state index < -0.39 is 0 Å². The third-order valence-corrected chi connectivity index (χ3v) is 4.62. The summed E-state index contributed by atoms with van der Waals surface area (Å²) in [6.07, 6.45) is 3.39. The van der Waals surface area contributed by atoms with Crippen molar-refractivity contribution in [3.8, 4) is 11.4 Å². The van der Waals surface area contributed by atoms with Gasteiger partial charge in [-0.05, 0) is 36.4 Å². The monoisotopic (exact) mass is 382 g/mol. The highest BCUT2D eigenvalue weighted by Gasteiger charge is 2.13. The summed E-state index contributed by atoms with van der Waals surface area (Å²) < 4.78 is 1.84. The van der Waals surface area contributed by atoms with Crippen molar-refractivity contribution < 1.29 is 9.59 Å². The normalized spacial score (nSPS) is 10.4. The van der Waals surface area contributed by atoms with E-state index in [2.05, 4.69) is 25.8 Å². The minimum Gasteiger partial charge on any atom is -0.326 e. The van der Waals surface area contributed by atoms with Gasteiger partial charge in [0.15, 0.2) is 11.0 Å². The summed E-state index contributed by atoms with van der Waals surface area (Å²) in [7, 11) is 1.86. The van der Waals surface area contributed by atoms with E-state index in [9.17, 15) is 9.59 Å². The molecule has 0 aliphatic heterocycles. The molecule has 0 bridgehead atoms. The predicted octanol–water partition coefficient (Wildman–Crippen LogP) is 2.57. The predicted molar refractivity (Wildman–Crippen MR) is 104 cm³/mol. The van der Waals surface area contributed by atoms with Gasteiger partial charge < -0.3 is 15.2 Å². The van der Waals surface area contributed by atoms with Crippen LogP contribution in [0.25, 0.3) is 11.4 Å². The number of amides is 2. The van der Waals surface area contributed by atoms with Gasteiger partial charge in [-0.15, -0.1) is 10.2 Å². The van der Waals surface area contributed by atoms with Crippen LogP contribution in [-0.2, 0) is 16.6 Å². The molecule has 3 aromatic rings. The van der Waals surface area contributed by atoms with Gasteiger partial charge in [-0.1, -0.05) is 11.8 Å². The molecule has 8 nitrogen and oxygen atoms in total. The van der Waals surface area contributed by atoms with Crippen molar-refractivity contribution in [1.82, 2.24) is 19.7 Å². The average molecular weight is 382 g/mol. The molecule has 2 amide bonds. The number of rotatable bonds is 6. The van der Waals surface area contributed by atoms with Crippen molar-refractivity contribution in [2.45, 2.75) is 12.1 Å². The molecule has 0 saturated carbocycles. The van der Waals surface area contributed by atoms with Crippen molar-refractivity contribution in [3.05, 3.63) is 48.8 Å². The number of nitrogens with zero attached hydrogens (tertiary/aromatic N) is 4. The number of pyridine rings is 1. The van der Waals surface area contributed by atoms with Gasteiger partial charge in [0.05, 0.1) is 5.75 Å². The summed E-state index contributed by atoms with van der Waals surface area (Å²) in [5, 5.41) is 14.5. The summed E-state index contributed by atoms with van der Waals surface area (Å²) in [5.74, 6) is 0.628. The number of hydrogen-bond acceptors (Lipinski definition) is 6. The Morgan fingerprint density at radius 3 is 2.26 bits per heavy atom. The van der Waals surface area contributed by atoms with Gasteiger partial charge in [0.2, 0.25) is 11.8 Å². The van der Waals surface area contributed by atoms with E-state index in [0.29, 0.717) is 22.4 Å². The van der Waals surface area contributed by atoms with Crippen LogP contribution in [0.2, 0.25) is 0 Å². The van der Waals surface area contributed by atoms with Gasteiger partial charge in [-0.25, -0.2) is 0 Å². The van der Waals surface area contributed by atoms with Gasteiger partial charge in [-0.3, -0.25) is 14.6 Å². The molecule has 0 saturated heterocycles.